The molecular formula is C20H19F2N. The van der Waals surface area contributed by atoms with Crippen LogP contribution in [0.15, 0.2) is 36.4 Å². The molecular weight excluding hydrogens is 292 g/mol. The summed E-state index contributed by atoms with van der Waals surface area (Å²) in [6.45, 7) is 1.10. The van der Waals surface area contributed by atoms with Crippen LogP contribution in [-0.2, 0) is 6.42 Å². The highest BCUT2D eigenvalue weighted by Crippen LogP contribution is 2.51. The maximum absolute atomic E-state index is 13.9. The minimum Gasteiger partial charge on any atom is -0.292 e. The second-order valence-corrected chi connectivity index (χ2v) is 7.11. The zero-order chi connectivity index (χ0) is 15.6. The fourth-order valence-electron chi connectivity index (χ4n) is 5.08. The van der Waals surface area contributed by atoms with Gasteiger partial charge in [0.05, 0.1) is 0 Å². The van der Waals surface area contributed by atoms with Crippen molar-refractivity contribution in [3.8, 4) is 0 Å². The molecule has 0 spiro atoms. The van der Waals surface area contributed by atoms with Crippen molar-refractivity contribution in [3.05, 3.63) is 70.3 Å². The Bertz CT molecular complexity index is 785. The monoisotopic (exact) mass is 311 g/mol. The van der Waals surface area contributed by atoms with Crippen molar-refractivity contribution in [2.45, 2.75) is 43.7 Å². The lowest BCUT2D eigenvalue weighted by molar-refractivity contribution is 0.0758. The Hall–Kier alpha value is -1.74. The zero-order valence-corrected chi connectivity index (χ0v) is 12.9. The third kappa shape index (κ3) is 1.92. The van der Waals surface area contributed by atoms with Gasteiger partial charge in [-0.3, -0.25) is 4.90 Å². The molecule has 23 heavy (non-hydrogen) atoms. The van der Waals surface area contributed by atoms with Gasteiger partial charge in [0, 0.05) is 18.0 Å². The first-order chi connectivity index (χ1) is 11.2. The Kier molecular flexibility index (Phi) is 2.90. The predicted molar refractivity (Wildman–Crippen MR) is 85.4 cm³/mol. The average Bonchev–Trinajstić information content (AvgIpc) is 2.78. The third-order valence-electron chi connectivity index (χ3n) is 5.98. The van der Waals surface area contributed by atoms with E-state index >= 15 is 0 Å². The first kappa shape index (κ1) is 13.7. The molecule has 3 unspecified atom stereocenters. The number of benzene rings is 2. The molecule has 3 aliphatic heterocycles. The van der Waals surface area contributed by atoms with E-state index in [0.29, 0.717) is 12.1 Å². The number of piperidine rings is 1. The average molecular weight is 311 g/mol. The molecule has 3 atom stereocenters. The second-order valence-electron chi connectivity index (χ2n) is 7.11. The topological polar surface area (TPSA) is 3.24 Å². The summed E-state index contributed by atoms with van der Waals surface area (Å²) in [4.78, 5) is 2.60. The maximum Gasteiger partial charge on any atom is 0.123 e. The molecule has 4 aliphatic rings. The van der Waals surface area contributed by atoms with E-state index < -0.39 is 0 Å². The highest BCUT2D eigenvalue weighted by atomic mass is 19.1. The molecule has 0 radical (unpaired) electrons. The van der Waals surface area contributed by atoms with Crippen LogP contribution in [-0.4, -0.2) is 17.5 Å². The Balaban J connectivity index is 1.80. The first-order valence-electron chi connectivity index (χ1n) is 8.56. The van der Waals surface area contributed by atoms with Gasteiger partial charge in [-0.15, -0.1) is 0 Å². The highest BCUT2D eigenvalue weighted by molar-refractivity contribution is 5.50. The molecule has 118 valence electrons. The van der Waals surface area contributed by atoms with Crippen molar-refractivity contribution >= 4 is 0 Å². The number of halogens is 2. The molecule has 1 aliphatic carbocycles. The minimum absolute atomic E-state index is 0.102. The van der Waals surface area contributed by atoms with Crippen molar-refractivity contribution in [1.29, 1.82) is 0 Å². The van der Waals surface area contributed by atoms with Crippen LogP contribution in [0.4, 0.5) is 8.78 Å². The van der Waals surface area contributed by atoms with Gasteiger partial charge in [-0.25, -0.2) is 8.78 Å². The van der Waals surface area contributed by atoms with Crippen LogP contribution in [0.3, 0.4) is 0 Å². The summed E-state index contributed by atoms with van der Waals surface area (Å²) < 4.78 is 27.9. The zero-order valence-electron chi connectivity index (χ0n) is 12.9. The summed E-state index contributed by atoms with van der Waals surface area (Å²) in [6, 6.07) is 11.1. The van der Waals surface area contributed by atoms with E-state index in [4.69, 9.17) is 0 Å². The van der Waals surface area contributed by atoms with E-state index in [-0.39, 0.29) is 17.6 Å². The molecule has 6 rings (SSSR count). The lowest BCUT2D eigenvalue weighted by Gasteiger charge is -2.48. The molecule has 2 bridgehead atoms. The van der Waals surface area contributed by atoms with Crippen LogP contribution >= 0.6 is 0 Å². The van der Waals surface area contributed by atoms with Crippen molar-refractivity contribution in [1.82, 2.24) is 4.90 Å². The van der Waals surface area contributed by atoms with Gasteiger partial charge in [-0.2, -0.15) is 0 Å². The Labute approximate surface area is 134 Å². The van der Waals surface area contributed by atoms with E-state index in [0.717, 1.165) is 30.5 Å². The van der Waals surface area contributed by atoms with Gasteiger partial charge in [0.25, 0.3) is 0 Å². The quantitative estimate of drug-likeness (QED) is 0.689. The van der Waals surface area contributed by atoms with E-state index in [1.54, 1.807) is 24.3 Å². The molecule has 2 aromatic carbocycles. The Morgan fingerprint density at radius 1 is 0.870 bits per heavy atom. The molecule has 1 nitrogen and oxygen atoms in total. The summed E-state index contributed by atoms with van der Waals surface area (Å²) in [6.07, 6.45) is 4.45. The standard InChI is InChI=1S/C20H19F2N/c21-13-5-4-12-9-19-15-7-6-14(22)11-17(15)20(16(12)10-13)18-3-1-2-8-23(18)19/h4-7,10-11,18-20H,1-3,8-9H2. The third-order valence-corrected chi connectivity index (χ3v) is 5.98. The van der Waals surface area contributed by atoms with Gasteiger partial charge in [-0.1, -0.05) is 18.6 Å². The highest BCUT2D eigenvalue weighted by Gasteiger charge is 2.45. The van der Waals surface area contributed by atoms with E-state index in [2.05, 4.69) is 4.90 Å². The van der Waals surface area contributed by atoms with Crippen molar-refractivity contribution in [2.24, 2.45) is 0 Å². The van der Waals surface area contributed by atoms with E-state index in [1.165, 1.54) is 24.0 Å². The van der Waals surface area contributed by atoms with Crippen LogP contribution in [0.2, 0.25) is 0 Å². The van der Waals surface area contributed by atoms with Gasteiger partial charge in [0.1, 0.15) is 11.6 Å². The van der Waals surface area contributed by atoms with Crippen LogP contribution < -0.4 is 0 Å². The molecule has 1 saturated heterocycles. The summed E-state index contributed by atoms with van der Waals surface area (Å²) in [5, 5.41) is 0. The lowest BCUT2D eigenvalue weighted by Crippen LogP contribution is -2.48. The number of hydrogen-bond acceptors (Lipinski definition) is 1. The fourth-order valence-corrected chi connectivity index (χ4v) is 5.08. The number of hydrogen-bond donors (Lipinski definition) is 0. The number of nitrogens with zero attached hydrogens (tertiary/aromatic N) is 1. The maximum atomic E-state index is 13.9. The molecule has 0 N–H and O–H groups in total. The summed E-state index contributed by atoms with van der Waals surface area (Å²) in [7, 11) is 0. The van der Waals surface area contributed by atoms with Gasteiger partial charge < -0.3 is 0 Å². The second kappa shape index (κ2) is 4.88. The van der Waals surface area contributed by atoms with Gasteiger partial charge in [-0.05, 0) is 72.3 Å². The minimum atomic E-state index is -0.186. The van der Waals surface area contributed by atoms with Gasteiger partial charge in [0.2, 0.25) is 0 Å². The molecule has 2 aromatic rings. The van der Waals surface area contributed by atoms with Gasteiger partial charge >= 0.3 is 0 Å². The van der Waals surface area contributed by atoms with Crippen molar-refractivity contribution in [3.63, 3.8) is 0 Å². The molecule has 1 fully saturated rings. The number of rotatable bonds is 0. The molecule has 0 saturated carbocycles. The van der Waals surface area contributed by atoms with Crippen molar-refractivity contribution in [2.75, 3.05) is 6.54 Å². The van der Waals surface area contributed by atoms with E-state index in [9.17, 15) is 8.78 Å². The lowest BCUT2D eigenvalue weighted by atomic mass is 9.75. The normalized spacial score (nSPS) is 28.7. The Morgan fingerprint density at radius 3 is 2.52 bits per heavy atom. The van der Waals surface area contributed by atoms with Crippen LogP contribution in [0, 0.1) is 11.6 Å². The first-order valence-corrected chi connectivity index (χ1v) is 8.56. The van der Waals surface area contributed by atoms with Crippen LogP contribution in [0.5, 0.6) is 0 Å². The summed E-state index contributed by atoms with van der Waals surface area (Å²) >= 11 is 0. The molecule has 0 amide bonds. The van der Waals surface area contributed by atoms with Crippen LogP contribution in [0.25, 0.3) is 0 Å². The smallest absolute Gasteiger partial charge is 0.123 e. The Morgan fingerprint density at radius 2 is 1.65 bits per heavy atom. The van der Waals surface area contributed by atoms with Gasteiger partial charge in [0.15, 0.2) is 0 Å². The van der Waals surface area contributed by atoms with E-state index in [1.807, 2.05) is 12.1 Å². The summed E-state index contributed by atoms with van der Waals surface area (Å²) in [5.74, 6) is -0.267. The largest absolute Gasteiger partial charge is 0.292 e. The fraction of sp³-hybridized carbons (Fsp3) is 0.400. The molecule has 3 heterocycles. The van der Waals surface area contributed by atoms with Crippen molar-refractivity contribution < 1.29 is 8.78 Å². The SMILES string of the molecule is Fc1ccc2c(c1)C1c3cc(F)ccc3C(C2)N2CCCCC12. The molecule has 3 heteroatoms. The predicted octanol–water partition coefficient (Wildman–Crippen LogP) is 4.56. The summed E-state index contributed by atoms with van der Waals surface area (Å²) in [5.41, 5.74) is 4.63. The molecule has 0 aromatic heterocycles. The van der Waals surface area contributed by atoms with Crippen LogP contribution in [0.1, 0.15) is 53.5 Å².